The quantitative estimate of drug-likeness (QED) is 0.717. The van der Waals surface area contributed by atoms with E-state index in [0.29, 0.717) is 5.57 Å². The molecule has 2 heteroatoms. The van der Waals surface area contributed by atoms with Crippen LogP contribution in [0.1, 0.15) is 52.9 Å². The highest BCUT2D eigenvalue weighted by Gasteiger charge is 2.59. The van der Waals surface area contributed by atoms with E-state index < -0.39 is 5.97 Å². The van der Waals surface area contributed by atoms with Crippen molar-refractivity contribution in [1.29, 1.82) is 0 Å². The molecule has 0 amide bonds. The maximum absolute atomic E-state index is 11.2. The Hall–Kier alpha value is -0.790. The van der Waals surface area contributed by atoms with Crippen molar-refractivity contribution in [2.45, 2.75) is 52.9 Å². The Kier molecular flexibility index (Phi) is 2.21. The minimum Gasteiger partial charge on any atom is -0.478 e. The number of aliphatic carboxylic acids is 1. The summed E-state index contributed by atoms with van der Waals surface area (Å²) in [5.74, 6) is -0.714. The SMILES string of the molecule is CC1=C(C(=O)O)C(C)(C)C12CCCCC2. The van der Waals surface area contributed by atoms with E-state index in [9.17, 15) is 9.90 Å². The molecule has 1 N–H and O–H groups in total. The zero-order valence-electron chi connectivity index (χ0n) is 9.89. The van der Waals surface area contributed by atoms with Gasteiger partial charge in [-0.3, -0.25) is 0 Å². The van der Waals surface area contributed by atoms with Crippen molar-refractivity contribution in [3.63, 3.8) is 0 Å². The third kappa shape index (κ3) is 1.14. The van der Waals surface area contributed by atoms with Crippen molar-refractivity contribution in [2.24, 2.45) is 10.8 Å². The van der Waals surface area contributed by atoms with Gasteiger partial charge in [0.25, 0.3) is 0 Å². The standard InChI is InChI=1S/C13H20O2/c1-9-10(11(14)15)12(2,3)13(9)7-5-4-6-8-13/h4-8H2,1-3H3,(H,14,15). The fourth-order valence-corrected chi connectivity index (χ4v) is 3.94. The Morgan fingerprint density at radius 2 is 1.73 bits per heavy atom. The van der Waals surface area contributed by atoms with Crippen LogP contribution in [0, 0.1) is 10.8 Å². The molecule has 1 fully saturated rings. The van der Waals surface area contributed by atoms with E-state index in [-0.39, 0.29) is 10.8 Å². The van der Waals surface area contributed by atoms with E-state index in [1.807, 2.05) is 6.92 Å². The fourth-order valence-electron chi connectivity index (χ4n) is 3.94. The molecule has 2 rings (SSSR count). The molecule has 0 aromatic carbocycles. The van der Waals surface area contributed by atoms with Crippen LogP contribution in [-0.4, -0.2) is 11.1 Å². The summed E-state index contributed by atoms with van der Waals surface area (Å²) in [4.78, 5) is 11.2. The van der Waals surface area contributed by atoms with Crippen LogP contribution in [-0.2, 0) is 4.79 Å². The second kappa shape index (κ2) is 3.10. The van der Waals surface area contributed by atoms with Crippen LogP contribution in [0.3, 0.4) is 0 Å². The molecular formula is C13H20O2. The minimum absolute atomic E-state index is 0.122. The lowest BCUT2D eigenvalue weighted by Gasteiger charge is -2.59. The predicted octanol–water partition coefficient (Wildman–Crippen LogP) is 3.38. The number of hydrogen-bond donors (Lipinski definition) is 1. The van der Waals surface area contributed by atoms with Gasteiger partial charge in [-0.05, 0) is 19.8 Å². The maximum Gasteiger partial charge on any atom is 0.332 e. The Bertz CT molecular complexity index is 330. The van der Waals surface area contributed by atoms with Crippen molar-refractivity contribution >= 4 is 5.97 Å². The monoisotopic (exact) mass is 208 g/mol. The van der Waals surface area contributed by atoms with Gasteiger partial charge in [0.2, 0.25) is 0 Å². The van der Waals surface area contributed by atoms with Gasteiger partial charge in [-0.1, -0.05) is 38.7 Å². The Morgan fingerprint density at radius 1 is 1.20 bits per heavy atom. The highest BCUT2D eigenvalue weighted by Crippen LogP contribution is 2.66. The summed E-state index contributed by atoms with van der Waals surface area (Å²) in [5, 5.41) is 9.20. The second-order valence-electron chi connectivity index (χ2n) is 5.57. The lowest BCUT2D eigenvalue weighted by molar-refractivity contribution is -0.137. The maximum atomic E-state index is 11.2. The number of allylic oxidation sites excluding steroid dienone is 1. The molecule has 84 valence electrons. The number of carboxylic acid groups (broad SMARTS) is 1. The van der Waals surface area contributed by atoms with Crippen LogP contribution in [0.15, 0.2) is 11.1 Å². The van der Waals surface area contributed by atoms with Crippen LogP contribution in [0.25, 0.3) is 0 Å². The van der Waals surface area contributed by atoms with Gasteiger partial charge < -0.3 is 5.11 Å². The van der Waals surface area contributed by atoms with Crippen LogP contribution in [0.5, 0.6) is 0 Å². The van der Waals surface area contributed by atoms with Crippen molar-refractivity contribution in [3.8, 4) is 0 Å². The van der Waals surface area contributed by atoms with Crippen LogP contribution in [0.4, 0.5) is 0 Å². The first-order valence-electron chi connectivity index (χ1n) is 5.88. The second-order valence-corrected chi connectivity index (χ2v) is 5.57. The number of hydrogen-bond acceptors (Lipinski definition) is 1. The van der Waals surface area contributed by atoms with Crippen molar-refractivity contribution in [1.82, 2.24) is 0 Å². The van der Waals surface area contributed by atoms with E-state index >= 15 is 0 Å². The van der Waals surface area contributed by atoms with Gasteiger partial charge in [0, 0.05) is 16.4 Å². The lowest BCUT2D eigenvalue weighted by Crippen LogP contribution is -2.52. The van der Waals surface area contributed by atoms with Crippen molar-refractivity contribution in [2.75, 3.05) is 0 Å². The molecule has 0 heterocycles. The molecule has 2 nitrogen and oxygen atoms in total. The van der Waals surface area contributed by atoms with Gasteiger partial charge in [0.05, 0.1) is 0 Å². The van der Waals surface area contributed by atoms with Crippen LogP contribution >= 0.6 is 0 Å². The predicted molar refractivity (Wildman–Crippen MR) is 59.6 cm³/mol. The van der Waals surface area contributed by atoms with Crippen molar-refractivity contribution in [3.05, 3.63) is 11.1 Å². The van der Waals surface area contributed by atoms with Crippen LogP contribution in [0.2, 0.25) is 0 Å². The molecule has 2 aliphatic rings. The van der Waals surface area contributed by atoms with E-state index in [1.165, 1.54) is 32.1 Å². The first kappa shape index (κ1) is 10.7. The molecule has 1 spiro atoms. The van der Waals surface area contributed by atoms with Crippen LogP contribution < -0.4 is 0 Å². The topological polar surface area (TPSA) is 37.3 Å². The summed E-state index contributed by atoms with van der Waals surface area (Å²) in [6.45, 7) is 6.24. The molecule has 0 aliphatic heterocycles. The molecule has 0 radical (unpaired) electrons. The summed E-state index contributed by atoms with van der Waals surface area (Å²) < 4.78 is 0. The largest absolute Gasteiger partial charge is 0.478 e. The van der Waals surface area contributed by atoms with Gasteiger partial charge in [-0.25, -0.2) is 4.79 Å². The molecule has 0 saturated heterocycles. The van der Waals surface area contributed by atoms with Crippen molar-refractivity contribution < 1.29 is 9.90 Å². The highest BCUT2D eigenvalue weighted by atomic mass is 16.4. The number of rotatable bonds is 1. The molecular weight excluding hydrogens is 188 g/mol. The van der Waals surface area contributed by atoms with E-state index in [4.69, 9.17) is 0 Å². The highest BCUT2D eigenvalue weighted by molar-refractivity contribution is 5.92. The summed E-state index contributed by atoms with van der Waals surface area (Å²) in [6.07, 6.45) is 6.19. The lowest BCUT2D eigenvalue weighted by atomic mass is 9.44. The molecule has 2 aliphatic carbocycles. The Balaban J connectivity index is 2.41. The number of carbonyl (C=O) groups is 1. The molecule has 0 bridgehead atoms. The number of carboxylic acids is 1. The van der Waals surface area contributed by atoms with E-state index in [0.717, 1.165) is 5.57 Å². The smallest absolute Gasteiger partial charge is 0.332 e. The normalized spacial score (nSPS) is 27.7. The summed E-state index contributed by atoms with van der Waals surface area (Å²) >= 11 is 0. The van der Waals surface area contributed by atoms with E-state index in [1.54, 1.807) is 0 Å². The molecule has 1 saturated carbocycles. The Labute approximate surface area is 91.4 Å². The van der Waals surface area contributed by atoms with Gasteiger partial charge in [-0.2, -0.15) is 0 Å². The third-order valence-corrected chi connectivity index (χ3v) is 4.84. The fraction of sp³-hybridized carbons (Fsp3) is 0.769. The first-order chi connectivity index (χ1) is 6.93. The van der Waals surface area contributed by atoms with Gasteiger partial charge in [0.1, 0.15) is 0 Å². The average Bonchev–Trinajstić information content (AvgIpc) is 2.18. The van der Waals surface area contributed by atoms with Gasteiger partial charge >= 0.3 is 5.97 Å². The zero-order chi connectivity index (χ0) is 11.3. The molecule has 0 aromatic rings. The molecule has 0 aromatic heterocycles. The first-order valence-corrected chi connectivity index (χ1v) is 5.88. The molecule has 0 atom stereocenters. The third-order valence-electron chi connectivity index (χ3n) is 4.84. The van der Waals surface area contributed by atoms with Gasteiger partial charge in [0.15, 0.2) is 0 Å². The molecule has 0 unspecified atom stereocenters. The minimum atomic E-state index is -0.714. The summed E-state index contributed by atoms with van der Waals surface area (Å²) in [6, 6.07) is 0. The average molecular weight is 208 g/mol. The Morgan fingerprint density at radius 3 is 2.13 bits per heavy atom. The summed E-state index contributed by atoms with van der Waals surface area (Å²) in [7, 11) is 0. The zero-order valence-corrected chi connectivity index (χ0v) is 9.89. The molecule has 15 heavy (non-hydrogen) atoms. The van der Waals surface area contributed by atoms with E-state index in [2.05, 4.69) is 13.8 Å². The van der Waals surface area contributed by atoms with Gasteiger partial charge in [-0.15, -0.1) is 0 Å². The summed E-state index contributed by atoms with van der Waals surface area (Å²) in [5.41, 5.74) is 1.91.